The second-order valence-electron chi connectivity index (χ2n) is 8.33. The largest absolute Gasteiger partial charge is 0.282 e. The quantitative estimate of drug-likeness (QED) is 0.675. The lowest BCUT2D eigenvalue weighted by atomic mass is 10.0. The minimum atomic E-state index is -3.50. The standard InChI is InChI=1S/C17H34N4O4S2/c1-16-4-10-20(11-5-16)26(22,23)18-8-3-9-19(15-14-18)27(24,25)21-12-6-17(2)7-13-21/h16-17H,3-15H2,1-2H3. The van der Waals surface area contributed by atoms with Crippen LogP contribution in [0.25, 0.3) is 0 Å². The van der Waals surface area contributed by atoms with Crippen LogP contribution in [-0.4, -0.2) is 86.4 Å². The van der Waals surface area contributed by atoms with Gasteiger partial charge < -0.3 is 0 Å². The second kappa shape index (κ2) is 8.62. The van der Waals surface area contributed by atoms with E-state index in [2.05, 4.69) is 13.8 Å². The molecule has 0 aromatic rings. The Bertz CT molecular complexity index is 636. The Labute approximate surface area is 164 Å². The molecule has 3 rings (SSSR count). The molecule has 3 heterocycles. The first-order valence-electron chi connectivity index (χ1n) is 10.2. The number of hydrogen-bond donors (Lipinski definition) is 0. The van der Waals surface area contributed by atoms with Crippen LogP contribution in [0.5, 0.6) is 0 Å². The Kier molecular flexibility index (Phi) is 6.85. The Morgan fingerprint density at radius 2 is 0.815 bits per heavy atom. The fourth-order valence-electron chi connectivity index (χ4n) is 4.09. The van der Waals surface area contributed by atoms with Crippen molar-refractivity contribution in [2.45, 2.75) is 46.0 Å². The molecule has 0 aromatic heterocycles. The molecule has 0 amide bonds. The highest BCUT2D eigenvalue weighted by molar-refractivity contribution is 7.87. The molecule has 3 fully saturated rings. The van der Waals surface area contributed by atoms with Gasteiger partial charge in [0.1, 0.15) is 0 Å². The maximum Gasteiger partial charge on any atom is 0.282 e. The third-order valence-electron chi connectivity index (χ3n) is 6.20. The maximum atomic E-state index is 13.0. The van der Waals surface area contributed by atoms with Crippen molar-refractivity contribution in [1.82, 2.24) is 17.2 Å². The second-order valence-corrected chi connectivity index (χ2v) is 12.2. The van der Waals surface area contributed by atoms with Gasteiger partial charge in [-0.1, -0.05) is 13.8 Å². The maximum absolute atomic E-state index is 13.0. The molecule has 8 nitrogen and oxygen atoms in total. The van der Waals surface area contributed by atoms with Crippen molar-refractivity contribution in [1.29, 1.82) is 0 Å². The highest BCUT2D eigenvalue weighted by Crippen LogP contribution is 2.24. The van der Waals surface area contributed by atoms with Crippen LogP contribution in [0.3, 0.4) is 0 Å². The van der Waals surface area contributed by atoms with Crippen LogP contribution < -0.4 is 0 Å². The molecule has 0 atom stereocenters. The smallest absolute Gasteiger partial charge is 0.195 e. The molecular weight excluding hydrogens is 388 g/mol. The van der Waals surface area contributed by atoms with Crippen LogP contribution >= 0.6 is 0 Å². The van der Waals surface area contributed by atoms with Crippen molar-refractivity contribution in [3.05, 3.63) is 0 Å². The molecule has 0 unspecified atom stereocenters. The molecule has 27 heavy (non-hydrogen) atoms. The molecule has 0 radical (unpaired) electrons. The third-order valence-corrected chi connectivity index (χ3v) is 10.3. The van der Waals surface area contributed by atoms with Crippen molar-refractivity contribution >= 4 is 20.4 Å². The number of hydrogen-bond acceptors (Lipinski definition) is 4. The zero-order valence-corrected chi connectivity index (χ0v) is 18.2. The molecule has 3 saturated heterocycles. The van der Waals surface area contributed by atoms with Gasteiger partial charge in [-0.3, -0.25) is 0 Å². The lowest BCUT2D eigenvalue weighted by Crippen LogP contribution is -2.49. The van der Waals surface area contributed by atoms with E-state index >= 15 is 0 Å². The van der Waals surface area contributed by atoms with Crippen LogP contribution in [0.4, 0.5) is 0 Å². The lowest BCUT2D eigenvalue weighted by molar-refractivity contribution is 0.260. The summed E-state index contributed by atoms with van der Waals surface area (Å²) >= 11 is 0. The summed E-state index contributed by atoms with van der Waals surface area (Å²) in [5.41, 5.74) is 0. The van der Waals surface area contributed by atoms with Gasteiger partial charge in [0.15, 0.2) is 0 Å². The Hall–Kier alpha value is -0.260. The topological polar surface area (TPSA) is 81.2 Å². The SMILES string of the molecule is CC1CCN(S(=O)(=O)N2CCCN(S(=O)(=O)N3CCC(C)CC3)CC2)CC1. The van der Waals surface area contributed by atoms with E-state index in [1.807, 2.05) is 0 Å². The molecule has 10 heteroatoms. The van der Waals surface area contributed by atoms with Gasteiger partial charge in [0.05, 0.1) is 0 Å². The Balaban J connectivity index is 1.63. The highest BCUT2D eigenvalue weighted by atomic mass is 32.2. The molecule has 0 bridgehead atoms. The Morgan fingerprint density at radius 3 is 1.15 bits per heavy atom. The zero-order chi connectivity index (χ0) is 19.7. The summed E-state index contributed by atoms with van der Waals surface area (Å²) in [6, 6.07) is 0. The highest BCUT2D eigenvalue weighted by Gasteiger charge is 2.37. The van der Waals surface area contributed by atoms with Gasteiger partial charge in [0, 0.05) is 52.4 Å². The molecule has 0 aromatic carbocycles. The van der Waals surface area contributed by atoms with Crippen LogP contribution in [0.1, 0.15) is 46.0 Å². The normalized spacial score (nSPS) is 27.6. The first kappa shape index (κ1) is 21.4. The number of rotatable bonds is 4. The van der Waals surface area contributed by atoms with Gasteiger partial charge in [-0.05, 0) is 43.9 Å². The predicted octanol–water partition coefficient (Wildman–Crippen LogP) is 0.948. The summed E-state index contributed by atoms with van der Waals surface area (Å²) in [6.45, 7) is 7.80. The fraction of sp³-hybridized carbons (Fsp3) is 1.00. The van der Waals surface area contributed by atoms with E-state index in [0.717, 1.165) is 25.7 Å². The van der Waals surface area contributed by atoms with Crippen molar-refractivity contribution in [2.24, 2.45) is 11.8 Å². The van der Waals surface area contributed by atoms with E-state index in [-0.39, 0.29) is 13.1 Å². The first-order valence-corrected chi connectivity index (χ1v) is 13.0. The van der Waals surface area contributed by atoms with Crippen LogP contribution in [0.2, 0.25) is 0 Å². The summed E-state index contributed by atoms with van der Waals surface area (Å²) in [7, 11) is -7.00. The molecular formula is C17H34N4O4S2. The summed E-state index contributed by atoms with van der Waals surface area (Å²) in [5.74, 6) is 1.13. The molecule has 3 aliphatic heterocycles. The number of nitrogens with zero attached hydrogens (tertiary/aromatic N) is 4. The molecule has 0 saturated carbocycles. The van der Waals surface area contributed by atoms with E-state index in [9.17, 15) is 16.8 Å². The summed E-state index contributed by atoms with van der Waals surface area (Å²) in [6.07, 6.45) is 4.09. The van der Waals surface area contributed by atoms with Gasteiger partial charge in [0.2, 0.25) is 0 Å². The van der Waals surface area contributed by atoms with Crippen molar-refractivity contribution in [3.63, 3.8) is 0 Å². The van der Waals surface area contributed by atoms with Gasteiger partial charge in [-0.15, -0.1) is 0 Å². The Morgan fingerprint density at radius 1 is 0.519 bits per heavy atom. The average Bonchev–Trinajstić information content (AvgIpc) is 2.90. The third kappa shape index (κ3) is 4.84. The van der Waals surface area contributed by atoms with E-state index in [1.165, 1.54) is 8.61 Å². The van der Waals surface area contributed by atoms with Crippen molar-refractivity contribution in [2.75, 3.05) is 52.4 Å². The summed E-state index contributed by atoms with van der Waals surface area (Å²) in [5, 5.41) is 0. The molecule has 3 aliphatic rings. The van der Waals surface area contributed by atoms with Gasteiger partial charge in [-0.2, -0.15) is 34.1 Å². The van der Waals surface area contributed by atoms with E-state index in [0.29, 0.717) is 57.5 Å². The first-order chi connectivity index (χ1) is 12.7. The van der Waals surface area contributed by atoms with Gasteiger partial charge in [0.25, 0.3) is 20.4 Å². The summed E-state index contributed by atoms with van der Waals surface area (Å²) in [4.78, 5) is 0. The molecule has 0 aliphatic carbocycles. The molecule has 0 spiro atoms. The van der Waals surface area contributed by atoms with Gasteiger partial charge in [-0.25, -0.2) is 0 Å². The fourth-order valence-corrected chi connectivity index (χ4v) is 7.43. The lowest BCUT2D eigenvalue weighted by Gasteiger charge is -2.34. The zero-order valence-electron chi connectivity index (χ0n) is 16.6. The molecule has 0 N–H and O–H groups in total. The molecule has 158 valence electrons. The minimum Gasteiger partial charge on any atom is -0.195 e. The van der Waals surface area contributed by atoms with Crippen molar-refractivity contribution in [3.8, 4) is 0 Å². The van der Waals surface area contributed by atoms with Crippen molar-refractivity contribution < 1.29 is 16.8 Å². The predicted molar refractivity (Wildman–Crippen MR) is 106 cm³/mol. The average molecular weight is 423 g/mol. The van der Waals surface area contributed by atoms with Crippen LogP contribution in [0.15, 0.2) is 0 Å². The number of piperidine rings is 2. The minimum absolute atomic E-state index is 0.234. The van der Waals surface area contributed by atoms with E-state index in [1.54, 1.807) is 8.61 Å². The van der Waals surface area contributed by atoms with Gasteiger partial charge >= 0.3 is 0 Å². The van der Waals surface area contributed by atoms with E-state index < -0.39 is 20.4 Å². The van der Waals surface area contributed by atoms with E-state index in [4.69, 9.17) is 0 Å². The van der Waals surface area contributed by atoms with Crippen LogP contribution in [0, 0.1) is 11.8 Å². The summed E-state index contributed by atoms with van der Waals surface area (Å²) < 4.78 is 58.0. The van der Waals surface area contributed by atoms with Crippen LogP contribution in [-0.2, 0) is 20.4 Å². The monoisotopic (exact) mass is 422 g/mol.